The molecule has 2 nitrogen and oxygen atoms in total. The maximum atomic E-state index is 9.04. The second kappa shape index (κ2) is 8.17. The largest absolute Gasteiger partial charge is 0.508 e. The van der Waals surface area contributed by atoms with E-state index >= 15 is 0 Å². The summed E-state index contributed by atoms with van der Waals surface area (Å²) < 4.78 is 0. The molecule has 3 heteroatoms. The fraction of sp³-hybridized carbons (Fsp3) is 0.250. The number of hydrogen-bond donors (Lipinski definition) is 2. The van der Waals surface area contributed by atoms with Crippen molar-refractivity contribution in [2.75, 3.05) is 0 Å². The Labute approximate surface area is 134 Å². The van der Waals surface area contributed by atoms with Crippen molar-refractivity contribution in [2.45, 2.75) is 27.7 Å². The van der Waals surface area contributed by atoms with Gasteiger partial charge in [-0.1, -0.05) is 35.4 Å². The number of benzene rings is 2. The fourth-order valence-corrected chi connectivity index (χ4v) is 1.61. The van der Waals surface area contributed by atoms with Crippen molar-refractivity contribution in [2.24, 2.45) is 0 Å². The molecule has 2 rings (SSSR count). The molecule has 0 aliphatic carbocycles. The van der Waals surface area contributed by atoms with Crippen LogP contribution in [-0.2, 0) is 26.2 Å². The van der Waals surface area contributed by atoms with Gasteiger partial charge in [0.2, 0.25) is 0 Å². The van der Waals surface area contributed by atoms with E-state index in [4.69, 9.17) is 10.2 Å². The first-order valence-electron chi connectivity index (χ1n) is 5.92. The number of rotatable bonds is 0. The van der Waals surface area contributed by atoms with Gasteiger partial charge in [0.1, 0.15) is 11.5 Å². The summed E-state index contributed by atoms with van der Waals surface area (Å²) in [5, 5.41) is 18.1. The predicted molar refractivity (Wildman–Crippen MR) is 75.2 cm³/mol. The zero-order valence-electron chi connectivity index (χ0n) is 11.9. The minimum atomic E-state index is 0. The molecule has 19 heavy (non-hydrogen) atoms. The molecule has 0 saturated carbocycles. The molecular weight excluding hydrogens is 315 g/mol. The molecule has 2 N–H and O–H groups in total. The molecule has 0 amide bonds. The normalized spacial score (nSPS) is 9.05. The van der Waals surface area contributed by atoms with E-state index < -0.39 is 0 Å². The third-order valence-corrected chi connectivity index (χ3v) is 2.70. The second-order valence-electron chi connectivity index (χ2n) is 4.58. The van der Waals surface area contributed by atoms with Crippen LogP contribution >= 0.6 is 0 Å². The van der Waals surface area contributed by atoms with Gasteiger partial charge in [-0.3, -0.25) is 0 Å². The molecule has 0 aliphatic heterocycles. The average Bonchev–Trinajstić information content (AvgIpc) is 2.30. The van der Waals surface area contributed by atoms with Gasteiger partial charge in [0, 0.05) is 26.2 Å². The van der Waals surface area contributed by atoms with Crippen molar-refractivity contribution < 1.29 is 36.4 Å². The average molecular weight is 336 g/mol. The molecule has 100 valence electrons. The summed E-state index contributed by atoms with van der Waals surface area (Å²) in [6.45, 7) is 7.80. The van der Waals surface area contributed by atoms with E-state index in [0.717, 1.165) is 11.1 Å². The summed E-state index contributed by atoms with van der Waals surface area (Å²) in [4.78, 5) is 0. The van der Waals surface area contributed by atoms with E-state index in [1.807, 2.05) is 52.0 Å². The van der Waals surface area contributed by atoms with Crippen molar-refractivity contribution in [1.82, 2.24) is 0 Å². The smallest absolute Gasteiger partial charge is 0.118 e. The van der Waals surface area contributed by atoms with Crippen LogP contribution in [-0.4, -0.2) is 10.2 Å². The molecule has 2 aromatic carbocycles. The van der Waals surface area contributed by atoms with Crippen LogP contribution < -0.4 is 0 Å². The third-order valence-electron chi connectivity index (χ3n) is 2.70. The van der Waals surface area contributed by atoms with Gasteiger partial charge in [0.05, 0.1) is 0 Å². The predicted octanol–water partition coefficient (Wildman–Crippen LogP) is 4.02. The summed E-state index contributed by atoms with van der Waals surface area (Å²) in [7, 11) is 0. The minimum Gasteiger partial charge on any atom is -0.508 e. The maximum absolute atomic E-state index is 9.04. The van der Waals surface area contributed by atoms with Gasteiger partial charge in [-0.15, -0.1) is 0 Å². The molecule has 0 aromatic heterocycles. The van der Waals surface area contributed by atoms with Crippen molar-refractivity contribution in [3.8, 4) is 11.5 Å². The first-order valence-corrected chi connectivity index (χ1v) is 5.92. The summed E-state index contributed by atoms with van der Waals surface area (Å²) in [6.07, 6.45) is 0. The van der Waals surface area contributed by atoms with Crippen molar-refractivity contribution >= 4 is 0 Å². The summed E-state index contributed by atoms with van der Waals surface area (Å²) in [5.74, 6) is 0.751. The molecule has 2 aromatic rings. The Morgan fingerprint density at radius 3 is 1.16 bits per heavy atom. The van der Waals surface area contributed by atoms with E-state index in [1.165, 1.54) is 11.1 Å². The van der Waals surface area contributed by atoms with Gasteiger partial charge in [-0.2, -0.15) is 0 Å². The van der Waals surface area contributed by atoms with Gasteiger partial charge in [0.15, 0.2) is 0 Å². The standard InChI is InChI=1S/2C8H10O.Zr/c2*1-6-3-4-8(9)7(2)5-6;/h2*3-5,9H,1-2H3;. The molecule has 0 fully saturated rings. The monoisotopic (exact) mass is 334 g/mol. The molecule has 0 atom stereocenters. The van der Waals surface area contributed by atoms with E-state index in [9.17, 15) is 0 Å². The van der Waals surface area contributed by atoms with Crippen LogP contribution in [0.5, 0.6) is 11.5 Å². The molecule has 0 spiro atoms. The zero-order chi connectivity index (χ0) is 13.7. The number of aryl methyl sites for hydroxylation is 4. The zero-order valence-corrected chi connectivity index (χ0v) is 14.3. The first-order chi connectivity index (χ1) is 8.40. The van der Waals surface area contributed by atoms with E-state index in [-0.39, 0.29) is 26.2 Å². The minimum absolute atomic E-state index is 0. The van der Waals surface area contributed by atoms with Crippen LogP contribution in [0.15, 0.2) is 36.4 Å². The SMILES string of the molecule is Cc1ccc(O)c(C)c1.Cc1ccc(O)c(C)c1.[Zr]. The second-order valence-corrected chi connectivity index (χ2v) is 4.58. The Morgan fingerprint density at radius 2 is 0.947 bits per heavy atom. The Morgan fingerprint density at radius 1 is 0.632 bits per heavy atom. The molecule has 0 saturated heterocycles. The van der Waals surface area contributed by atoms with Gasteiger partial charge in [-0.05, 0) is 51.0 Å². The van der Waals surface area contributed by atoms with Gasteiger partial charge >= 0.3 is 0 Å². The van der Waals surface area contributed by atoms with E-state index in [1.54, 1.807) is 12.1 Å². The van der Waals surface area contributed by atoms with Gasteiger partial charge < -0.3 is 10.2 Å². The summed E-state index contributed by atoms with van der Waals surface area (Å²) in [5.41, 5.74) is 4.25. The van der Waals surface area contributed by atoms with Crippen LogP contribution in [0.3, 0.4) is 0 Å². The van der Waals surface area contributed by atoms with Gasteiger partial charge in [0.25, 0.3) is 0 Å². The molecule has 0 radical (unpaired) electrons. The van der Waals surface area contributed by atoms with Crippen LogP contribution in [0, 0.1) is 27.7 Å². The van der Waals surface area contributed by atoms with E-state index in [2.05, 4.69) is 0 Å². The van der Waals surface area contributed by atoms with Crippen LogP contribution in [0.2, 0.25) is 0 Å². The van der Waals surface area contributed by atoms with Crippen molar-refractivity contribution in [3.63, 3.8) is 0 Å². The van der Waals surface area contributed by atoms with Crippen LogP contribution in [0.25, 0.3) is 0 Å². The molecule has 0 bridgehead atoms. The molecule has 0 heterocycles. The van der Waals surface area contributed by atoms with E-state index in [0.29, 0.717) is 11.5 Å². The summed E-state index contributed by atoms with van der Waals surface area (Å²) in [6, 6.07) is 11.1. The van der Waals surface area contributed by atoms with Crippen LogP contribution in [0.1, 0.15) is 22.3 Å². The maximum Gasteiger partial charge on any atom is 0.118 e. The third kappa shape index (κ3) is 6.07. The summed E-state index contributed by atoms with van der Waals surface area (Å²) >= 11 is 0. The molecule has 0 aliphatic rings. The Kier molecular flexibility index (Phi) is 7.70. The Hall–Kier alpha value is -1.08. The van der Waals surface area contributed by atoms with Gasteiger partial charge in [-0.25, -0.2) is 0 Å². The van der Waals surface area contributed by atoms with Crippen LogP contribution in [0.4, 0.5) is 0 Å². The Balaban J connectivity index is 0.000000324. The van der Waals surface area contributed by atoms with Crippen molar-refractivity contribution in [3.05, 3.63) is 58.7 Å². The number of phenolic OH excluding ortho intramolecular Hbond substituents is 2. The first kappa shape index (κ1) is 17.9. The number of phenols is 2. The van der Waals surface area contributed by atoms with Crippen molar-refractivity contribution in [1.29, 1.82) is 0 Å². The number of hydrogen-bond acceptors (Lipinski definition) is 2. The molecule has 0 unspecified atom stereocenters. The fourth-order valence-electron chi connectivity index (χ4n) is 1.61. The number of aromatic hydroxyl groups is 2. The molecular formula is C16H20O2Zr. The Bertz CT molecular complexity index is 487. The quantitative estimate of drug-likeness (QED) is 0.763. The topological polar surface area (TPSA) is 40.5 Å².